The Bertz CT molecular complexity index is 514. The number of ketones is 1. The number of hydrazone groups is 1. The Morgan fingerprint density at radius 1 is 1.04 bits per heavy atom. The summed E-state index contributed by atoms with van der Waals surface area (Å²) in [5.41, 5.74) is 3.32. The molecule has 0 radical (unpaired) electrons. The first-order chi connectivity index (χ1) is 12.0. The van der Waals surface area contributed by atoms with Crippen LogP contribution in [0.4, 0.5) is 0 Å². The average Bonchev–Trinajstić information content (AvgIpc) is 3.12. The second kappa shape index (κ2) is 9.68. The molecule has 0 bridgehead atoms. The van der Waals surface area contributed by atoms with Crippen LogP contribution in [0.2, 0.25) is 0 Å². The number of nitrogens with zero attached hydrogens (tertiary/aromatic N) is 1. The molecule has 2 aliphatic carbocycles. The van der Waals surface area contributed by atoms with Crippen LogP contribution in [0.25, 0.3) is 0 Å². The van der Waals surface area contributed by atoms with Crippen molar-refractivity contribution in [2.24, 2.45) is 16.9 Å². The number of carbonyl (C=O) groups is 3. The maximum atomic E-state index is 12.5. The highest BCUT2D eigenvalue weighted by Gasteiger charge is 2.30. The van der Waals surface area contributed by atoms with Gasteiger partial charge in [0.1, 0.15) is 0 Å². The predicted molar refractivity (Wildman–Crippen MR) is 97.0 cm³/mol. The van der Waals surface area contributed by atoms with Crippen molar-refractivity contribution < 1.29 is 14.4 Å². The van der Waals surface area contributed by atoms with E-state index in [1.807, 2.05) is 13.8 Å². The lowest BCUT2D eigenvalue weighted by Gasteiger charge is -2.24. The lowest BCUT2D eigenvalue weighted by Crippen LogP contribution is -2.49. The van der Waals surface area contributed by atoms with Gasteiger partial charge in [-0.15, -0.1) is 0 Å². The standard InChI is InChI=1S/C19H31N3O3/c1-13(2)12-16(20-18(24)14-8-4-3-5-9-14)17(23)19(25)22-21-15-10-6-7-11-15/h13-14,16H,3-12H2,1-2H3,(H,20,24)(H,22,25)/t16-/m0/s1. The molecule has 2 rings (SSSR count). The smallest absolute Gasteiger partial charge is 0.309 e. The van der Waals surface area contributed by atoms with E-state index in [-0.39, 0.29) is 17.7 Å². The molecular formula is C19H31N3O3. The quantitative estimate of drug-likeness (QED) is 0.547. The Labute approximate surface area is 150 Å². The molecule has 25 heavy (non-hydrogen) atoms. The Balaban J connectivity index is 1.94. The molecule has 2 aliphatic rings. The van der Waals surface area contributed by atoms with Gasteiger partial charge in [-0.05, 0) is 50.9 Å². The van der Waals surface area contributed by atoms with Crippen LogP contribution in [0.1, 0.15) is 78.1 Å². The highest BCUT2D eigenvalue weighted by molar-refractivity contribution is 6.38. The molecule has 0 heterocycles. The van der Waals surface area contributed by atoms with Crippen molar-refractivity contribution in [3.8, 4) is 0 Å². The monoisotopic (exact) mass is 349 g/mol. The van der Waals surface area contributed by atoms with E-state index in [1.165, 1.54) is 6.42 Å². The minimum Gasteiger partial charge on any atom is -0.345 e. The molecule has 140 valence electrons. The topological polar surface area (TPSA) is 87.6 Å². The number of hydrogen-bond donors (Lipinski definition) is 2. The number of rotatable bonds is 7. The van der Waals surface area contributed by atoms with Gasteiger partial charge in [-0.25, -0.2) is 5.43 Å². The van der Waals surface area contributed by atoms with Crippen LogP contribution in [-0.4, -0.2) is 29.4 Å². The molecule has 0 aromatic carbocycles. The maximum absolute atomic E-state index is 12.5. The van der Waals surface area contributed by atoms with E-state index < -0.39 is 17.7 Å². The number of nitrogens with one attached hydrogen (secondary N) is 2. The summed E-state index contributed by atoms with van der Waals surface area (Å²) in [5.74, 6) is -1.24. The number of carbonyl (C=O) groups excluding carboxylic acids is 3. The number of hydrogen-bond acceptors (Lipinski definition) is 4. The van der Waals surface area contributed by atoms with Gasteiger partial charge in [-0.3, -0.25) is 14.4 Å². The second-order valence-electron chi connectivity index (χ2n) is 7.72. The van der Waals surface area contributed by atoms with Gasteiger partial charge < -0.3 is 5.32 Å². The summed E-state index contributed by atoms with van der Waals surface area (Å²) in [5, 5.41) is 6.89. The molecule has 0 aromatic rings. The zero-order chi connectivity index (χ0) is 18.2. The van der Waals surface area contributed by atoms with Gasteiger partial charge in [0, 0.05) is 11.6 Å². The van der Waals surface area contributed by atoms with Crippen molar-refractivity contribution in [1.29, 1.82) is 0 Å². The summed E-state index contributed by atoms with van der Waals surface area (Å²) in [6, 6.07) is -0.766. The predicted octanol–water partition coefficient (Wildman–Crippen LogP) is 2.71. The summed E-state index contributed by atoms with van der Waals surface area (Å²) in [6.07, 6.45) is 9.39. The summed E-state index contributed by atoms with van der Waals surface area (Å²) in [6.45, 7) is 3.95. The van der Waals surface area contributed by atoms with Crippen molar-refractivity contribution in [2.45, 2.75) is 84.1 Å². The van der Waals surface area contributed by atoms with Gasteiger partial charge in [0.05, 0.1) is 6.04 Å². The van der Waals surface area contributed by atoms with Gasteiger partial charge in [-0.2, -0.15) is 5.10 Å². The van der Waals surface area contributed by atoms with Crippen LogP contribution in [0.3, 0.4) is 0 Å². The van der Waals surface area contributed by atoms with E-state index in [0.29, 0.717) is 6.42 Å². The lowest BCUT2D eigenvalue weighted by molar-refractivity contribution is -0.140. The van der Waals surface area contributed by atoms with Crippen molar-refractivity contribution >= 4 is 23.3 Å². The molecule has 2 N–H and O–H groups in total. The van der Waals surface area contributed by atoms with Gasteiger partial charge in [0.25, 0.3) is 0 Å². The number of Topliss-reactive ketones (excluding diaryl/α,β-unsaturated/α-hetero) is 1. The van der Waals surface area contributed by atoms with Crippen molar-refractivity contribution in [3.05, 3.63) is 0 Å². The summed E-state index contributed by atoms with van der Waals surface area (Å²) >= 11 is 0. The van der Waals surface area contributed by atoms with E-state index >= 15 is 0 Å². The Morgan fingerprint density at radius 2 is 1.68 bits per heavy atom. The third-order valence-electron chi connectivity index (χ3n) is 5.04. The first-order valence-electron chi connectivity index (χ1n) is 9.67. The molecule has 6 heteroatoms. The van der Waals surface area contributed by atoms with Crippen LogP contribution in [0.15, 0.2) is 5.10 Å². The molecule has 2 fully saturated rings. The minimum atomic E-state index is -0.766. The Morgan fingerprint density at radius 3 is 2.28 bits per heavy atom. The highest BCUT2D eigenvalue weighted by Crippen LogP contribution is 2.24. The molecule has 0 spiro atoms. The molecule has 0 unspecified atom stereocenters. The zero-order valence-electron chi connectivity index (χ0n) is 15.5. The van der Waals surface area contributed by atoms with Gasteiger partial charge >= 0.3 is 5.91 Å². The molecular weight excluding hydrogens is 318 g/mol. The van der Waals surface area contributed by atoms with E-state index in [4.69, 9.17) is 0 Å². The molecule has 0 aliphatic heterocycles. The van der Waals surface area contributed by atoms with Crippen molar-refractivity contribution in [2.75, 3.05) is 0 Å². The third kappa shape index (κ3) is 6.25. The van der Waals surface area contributed by atoms with Crippen molar-refractivity contribution in [1.82, 2.24) is 10.7 Å². The Hall–Kier alpha value is -1.72. The van der Waals surface area contributed by atoms with E-state index in [2.05, 4.69) is 15.8 Å². The van der Waals surface area contributed by atoms with Crippen LogP contribution in [0.5, 0.6) is 0 Å². The SMILES string of the molecule is CC(C)C[C@H](NC(=O)C1CCCCC1)C(=O)C(=O)NN=C1CCCC1. The fourth-order valence-electron chi connectivity index (χ4n) is 3.60. The molecule has 2 amide bonds. The third-order valence-corrected chi connectivity index (χ3v) is 5.04. The number of amides is 2. The average molecular weight is 349 g/mol. The van der Waals surface area contributed by atoms with E-state index in [9.17, 15) is 14.4 Å². The largest absolute Gasteiger partial charge is 0.345 e. The van der Waals surface area contributed by atoms with Crippen molar-refractivity contribution in [3.63, 3.8) is 0 Å². The molecule has 0 aromatic heterocycles. The summed E-state index contributed by atoms with van der Waals surface area (Å²) in [7, 11) is 0. The van der Waals surface area contributed by atoms with E-state index in [0.717, 1.165) is 57.1 Å². The van der Waals surface area contributed by atoms with Crippen LogP contribution >= 0.6 is 0 Å². The van der Waals surface area contributed by atoms with Crippen LogP contribution in [-0.2, 0) is 14.4 Å². The molecule has 0 saturated heterocycles. The molecule has 1 atom stereocenters. The van der Waals surface area contributed by atoms with Gasteiger partial charge in [-0.1, -0.05) is 33.1 Å². The first-order valence-corrected chi connectivity index (χ1v) is 9.67. The highest BCUT2D eigenvalue weighted by atomic mass is 16.2. The molecule has 6 nitrogen and oxygen atoms in total. The normalized spacial score (nSPS) is 19.6. The first kappa shape index (κ1) is 19.6. The lowest BCUT2D eigenvalue weighted by atomic mass is 9.88. The minimum absolute atomic E-state index is 0.0296. The van der Waals surface area contributed by atoms with Gasteiger partial charge in [0.2, 0.25) is 11.7 Å². The van der Waals surface area contributed by atoms with Gasteiger partial charge in [0.15, 0.2) is 0 Å². The van der Waals surface area contributed by atoms with Crippen LogP contribution in [0, 0.1) is 11.8 Å². The van der Waals surface area contributed by atoms with Crippen LogP contribution < -0.4 is 10.7 Å². The maximum Gasteiger partial charge on any atom is 0.309 e. The summed E-state index contributed by atoms with van der Waals surface area (Å²) in [4.78, 5) is 37.1. The summed E-state index contributed by atoms with van der Waals surface area (Å²) < 4.78 is 0. The fraction of sp³-hybridized carbons (Fsp3) is 0.789. The fourth-order valence-corrected chi connectivity index (χ4v) is 3.60. The zero-order valence-corrected chi connectivity index (χ0v) is 15.5. The second-order valence-corrected chi connectivity index (χ2v) is 7.72. The Kier molecular flexibility index (Phi) is 7.59. The molecule has 2 saturated carbocycles. The van der Waals surface area contributed by atoms with E-state index in [1.54, 1.807) is 0 Å².